The van der Waals surface area contributed by atoms with E-state index < -0.39 is 10.0 Å². The molecule has 0 aliphatic heterocycles. The van der Waals surface area contributed by atoms with E-state index in [1.807, 2.05) is 33.8 Å². The van der Waals surface area contributed by atoms with Gasteiger partial charge in [0.1, 0.15) is 11.6 Å². The molecular formula is C16H22N4O2S. The van der Waals surface area contributed by atoms with E-state index in [0.717, 1.165) is 11.4 Å². The number of sulfonamides is 1. The van der Waals surface area contributed by atoms with Crippen molar-refractivity contribution in [3.8, 4) is 0 Å². The zero-order valence-electron chi connectivity index (χ0n) is 13.7. The fourth-order valence-electron chi connectivity index (χ4n) is 2.07. The van der Waals surface area contributed by atoms with Gasteiger partial charge in [-0.15, -0.1) is 0 Å². The Labute approximate surface area is 137 Å². The summed E-state index contributed by atoms with van der Waals surface area (Å²) in [6.45, 7) is 8.07. The van der Waals surface area contributed by atoms with Gasteiger partial charge in [0.15, 0.2) is 0 Å². The first-order valence-electron chi connectivity index (χ1n) is 7.30. The van der Waals surface area contributed by atoms with Crippen LogP contribution in [0, 0.1) is 0 Å². The molecule has 1 atom stereocenters. The molecule has 0 amide bonds. The lowest BCUT2D eigenvalue weighted by atomic mass is 9.96. The molecule has 7 heteroatoms. The molecule has 1 aromatic carbocycles. The minimum atomic E-state index is -3.71. The summed E-state index contributed by atoms with van der Waals surface area (Å²) in [6, 6.07) is 8.23. The van der Waals surface area contributed by atoms with Gasteiger partial charge in [-0.3, -0.25) is 0 Å². The van der Waals surface area contributed by atoms with Gasteiger partial charge in [-0.05, 0) is 30.7 Å². The van der Waals surface area contributed by atoms with Gasteiger partial charge >= 0.3 is 0 Å². The highest BCUT2D eigenvalue weighted by Crippen LogP contribution is 2.23. The Balaban J connectivity index is 2.25. The predicted molar refractivity (Wildman–Crippen MR) is 90.6 cm³/mol. The smallest absolute Gasteiger partial charge is 0.238 e. The summed E-state index contributed by atoms with van der Waals surface area (Å²) in [5.41, 5.74) is 0.668. The van der Waals surface area contributed by atoms with Crippen molar-refractivity contribution in [2.45, 2.75) is 44.0 Å². The van der Waals surface area contributed by atoms with Gasteiger partial charge in [-0.2, -0.15) is 0 Å². The number of rotatable bonds is 4. The van der Waals surface area contributed by atoms with Crippen LogP contribution in [0.15, 0.2) is 41.4 Å². The van der Waals surface area contributed by atoms with Crippen molar-refractivity contribution in [1.29, 1.82) is 0 Å². The highest BCUT2D eigenvalue weighted by molar-refractivity contribution is 7.89. The second-order valence-corrected chi connectivity index (χ2v) is 8.06. The number of anilines is 1. The number of hydrogen-bond donors (Lipinski definition) is 2. The number of nitrogens with zero attached hydrogens (tertiary/aromatic N) is 2. The monoisotopic (exact) mass is 334 g/mol. The molecule has 0 bridgehead atoms. The summed E-state index contributed by atoms with van der Waals surface area (Å²) in [5.74, 6) is 1.44. The summed E-state index contributed by atoms with van der Waals surface area (Å²) >= 11 is 0. The lowest BCUT2D eigenvalue weighted by Crippen LogP contribution is -2.18. The standard InChI is InChI=1S/C16H22N4O2S/c1-11(12-6-5-7-13(10-12)23(17,21)22)19-14-8-9-18-15(20-14)16(2,3)4/h5-11H,1-4H3,(H2,17,21,22)(H,18,19,20). The molecule has 0 fully saturated rings. The molecule has 0 aliphatic rings. The molecule has 0 saturated heterocycles. The third kappa shape index (κ3) is 4.49. The van der Waals surface area contributed by atoms with Crippen molar-refractivity contribution in [3.05, 3.63) is 47.9 Å². The third-order valence-electron chi connectivity index (χ3n) is 3.38. The summed E-state index contributed by atoms with van der Waals surface area (Å²) in [6.07, 6.45) is 1.71. The van der Waals surface area contributed by atoms with Crippen molar-refractivity contribution in [1.82, 2.24) is 9.97 Å². The predicted octanol–water partition coefficient (Wildman–Crippen LogP) is 2.59. The summed E-state index contributed by atoms with van der Waals surface area (Å²) in [7, 11) is -3.71. The number of nitrogens with one attached hydrogen (secondary N) is 1. The average Bonchev–Trinajstić information content (AvgIpc) is 2.46. The molecule has 2 rings (SSSR count). The Bertz CT molecular complexity index is 798. The van der Waals surface area contributed by atoms with Crippen molar-refractivity contribution >= 4 is 15.8 Å². The highest BCUT2D eigenvalue weighted by Gasteiger charge is 2.18. The normalized spacial score (nSPS) is 13.6. The van der Waals surface area contributed by atoms with Crippen LogP contribution in [0.4, 0.5) is 5.82 Å². The van der Waals surface area contributed by atoms with E-state index in [-0.39, 0.29) is 16.4 Å². The van der Waals surface area contributed by atoms with E-state index in [4.69, 9.17) is 5.14 Å². The van der Waals surface area contributed by atoms with Crippen LogP contribution in [-0.2, 0) is 15.4 Å². The van der Waals surface area contributed by atoms with E-state index in [1.54, 1.807) is 24.4 Å². The average molecular weight is 334 g/mol. The number of primary sulfonamides is 1. The maximum Gasteiger partial charge on any atom is 0.238 e. The molecule has 1 aromatic heterocycles. The molecule has 0 spiro atoms. The molecular weight excluding hydrogens is 312 g/mol. The van der Waals surface area contributed by atoms with Crippen LogP contribution >= 0.6 is 0 Å². The Hall–Kier alpha value is -1.99. The van der Waals surface area contributed by atoms with Gasteiger partial charge in [-0.1, -0.05) is 32.9 Å². The Morgan fingerprint density at radius 2 is 1.91 bits per heavy atom. The van der Waals surface area contributed by atoms with E-state index in [2.05, 4.69) is 15.3 Å². The lowest BCUT2D eigenvalue weighted by Gasteiger charge is -2.19. The zero-order chi connectivity index (χ0) is 17.3. The van der Waals surface area contributed by atoms with Gasteiger partial charge < -0.3 is 5.32 Å². The number of aromatic nitrogens is 2. The van der Waals surface area contributed by atoms with Gasteiger partial charge in [0, 0.05) is 17.7 Å². The first-order chi connectivity index (χ1) is 10.6. The summed E-state index contributed by atoms with van der Waals surface area (Å²) in [5, 5.41) is 8.44. The van der Waals surface area contributed by atoms with E-state index in [0.29, 0.717) is 5.82 Å². The summed E-state index contributed by atoms with van der Waals surface area (Å²) < 4.78 is 22.9. The van der Waals surface area contributed by atoms with Crippen molar-refractivity contribution in [2.24, 2.45) is 5.14 Å². The molecule has 0 radical (unpaired) electrons. The Morgan fingerprint density at radius 1 is 1.22 bits per heavy atom. The van der Waals surface area contributed by atoms with Crippen LogP contribution in [0.25, 0.3) is 0 Å². The zero-order valence-corrected chi connectivity index (χ0v) is 14.6. The fourth-order valence-corrected chi connectivity index (χ4v) is 2.64. The molecule has 1 heterocycles. The van der Waals surface area contributed by atoms with E-state index in [1.165, 1.54) is 6.07 Å². The quantitative estimate of drug-likeness (QED) is 0.895. The van der Waals surface area contributed by atoms with Crippen LogP contribution < -0.4 is 10.5 Å². The van der Waals surface area contributed by atoms with E-state index in [9.17, 15) is 8.42 Å². The summed E-state index contributed by atoms with van der Waals surface area (Å²) in [4.78, 5) is 8.90. The molecule has 0 saturated carbocycles. The minimum Gasteiger partial charge on any atom is -0.363 e. The molecule has 1 unspecified atom stereocenters. The van der Waals surface area contributed by atoms with Gasteiger partial charge in [0.2, 0.25) is 10.0 Å². The molecule has 3 N–H and O–H groups in total. The highest BCUT2D eigenvalue weighted by atomic mass is 32.2. The topological polar surface area (TPSA) is 98.0 Å². The van der Waals surface area contributed by atoms with Crippen LogP contribution in [0.1, 0.15) is 45.1 Å². The maximum atomic E-state index is 11.5. The van der Waals surface area contributed by atoms with Crippen LogP contribution in [0.5, 0.6) is 0 Å². The first kappa shape index (κ1) is 17.4. The third-order valence-corrected chi connectivity index (χ3v) is 4.29. The SMILES string of the molecule is CC(Nc1ccnc(C(C)(C)C)n1)c1cccc(S(N)(=O)=O)c1. The molecule has 23 heavy (non-hydrogen) atoms. The molecule has 124 valence electrons. The van der Waals surface area contributed by atoms with Crippen molar-refractivity contribution < 1.29 is 8.42 Å². The lowest BCUT2D eigenvalue weighted by molar-refractivity contribution is 0.545. The minimum absolute atomic E-state index is 0.0988. The maximum absolute atomic E-state index is 11.5. The van der Waals surface area contributed by atoms with E-state index >= 15 is 0 Å². The van der Waals surface area contributed by atoms with Gasteiger partial charge in [-0.25, -0.2) is 23.5 Å². The molecule has 2 aromatic rings. The molecule has 0 aliphatic carbocycles. The van der Waals surface area contributed by atoms with Crippen LogP contribution in [0.3, 0.4) is 0 Å². The van der Waals surface area contributed by atoms with Gasteiger partial charge in [0.05, 0.1) is 4.90 Å². The van der Waals surface area contributed by atoms with Crippen LogP contribution in [-0.4, -0.2) is 18.4 Å². The van der Waals surface area contributed by atoms with Crippen molar-refractivity contribution in [3.63, 3.8) is 0 Å². The van der Waals surface area contributed by atoms with Crippen molar-refractivity contribution in [2.75, 3.05) is 5.32 Å². The second kappa shape index (κ2) is 6.25. The fraction of sp³-hybridized carbons (Fsp3) is 0.375. The first-order valence-corrected chi connectivity index (χ1v) is 8.85. The number of benzene rings is 1. The van der Waals surface area contributed by atoms with Crippen LogP contribution in [0.2, 0.25) is 0 Å². The molecule has 6 nitrogen and oxygen atoms in total. The Kier molecular flexibility index (Phi) is 4.72. The van der Waals surface area contributed by atoms with Gasteiger partial charge in [0.25, 0.3) is 0 Å². The Morgan fingerprint density at radius 3 is 2.52 bits per heavy atom. The number of nitrogens with two attached hydrogens (primary N) is 1. The number of hydrogen-bond acceptors (Lipinski definition) is 5. The second-order valence-electron chi connectivity index (χ2n) is 6.50. The largest absolute Gasteiger partial charge is 0.363 e.